The molecule has 1 aliphatic heterocycles. The fraction of sp³-hybridized carbons (Fsp3) is 0.522. The maximum atomic E-state index is 12.4. The highest BCUT2D eigenvalue weighted by molar-refractivity contribution is 7.09. The van der Waals surface area contributed by atoms with Gasteiger partial charge in [-0.1, -0.05) is 0 Å². The molecule has 0 radical (unpaired) electrons. The predicted octanol–water partition coefficient (Wildman–Crippen LogP) is 3.00. The van der Waals surface area contributed by atoms with Gasteiger partial charge in [-0.3, -0.25) is 4.79 Å². The molecule has 1 aromatic carbocycles. The van der Waals surface area contributed by atoms with E-state index in [0.717, 1.165) is 42.4 Å². The SMILES string of the molecule is COc1cc(OCC(=O)N2CCN(C)CC2)ccc1-c1csc(CNC(=O)OC(C)(C)C)n1. The molecule has 0 bridgehead atoms. The Morgan fingerprint density at radius 1 is 1.18 bits per heavy atom. The molecule has 1 fully saturated rings. The van der Waals surface area contributed by atoms with Gasteiger partial charge < -0.3 is 29.3 Å². The summed E-state index contributed by atoms with van der Waals surface area (Å²) in [6.07, 6.45) is -0.482. The number of amides is 2. The molecular weight excluding hydrogens is 444 g/mol. The molecule has 33 heavy (non-hydrogen) atoms. The van der Waals surface area contributed by atoms with Crippen LogP contribution >= 0.6 is 11.3 Å². The minimum atomic E-state index is -0.551. The van der Waals surface area contributed by atoms with E-state index in [1.165, 1.54) is 11.3 Å². The second-order valence-electron chi connectivity index (χ2n) is 8.82. The zero-order valence-corrected chi connectivity index (χ0v) is 20.7. The van der Waals surface area contributed by atoms with Crippen LogP contribution in [0, 0.1) is 0 Å². The Balaban J connectivity index is 1.58. The summed E-state index contributed by atoms with van der Waals surface area (Å²) in [4.78, 5) is 32.9. The average molecular weight is 477 g/mol. The van der Waals surface area contributed by atoms with Crippen LogP contribution in [0.25, 0.3) is 11.3 Å². The van der Waals surface area contributed by atoms with Crippen molar-refractivity contribution in [3.05, 3.63) is 28.6 Å². The Morgan fingerprint density at radius 2 is 1.91 bits per heavy atom. The van der Waals surface area contributed by atoms with E-state index < -0.39 is 11.7 Å². The lowest BCUT2D eigenvalue weighted by molar-refractivity contribution is -0.134. The summed E-state index contributed by atoms with van der Waals surface area (Å²) in [7, 11) is 3.63. The summed E-state index contributed by atoms with van der Waals surface area (Å²) in [5.41, 5.74) is 0.984. The van der Waals surface area contributed by atoms with Crippen LogP contribution in [-0.4, -0.2) is 79.3 Å². The number of aromatic nitrogens is 1. The number of carbonyl (C=O) groups is 2. The van der Waals surface area contributed by atoms with Crippen molar-refractivity contribution in [1.82, 2.24) is 20.1 Å². The lowest BCUT2D eigenvalue weighted by Gasteiger charge is -2.32. The Labute approximate surface area is 198 Å². The zero-order valence-electron chi connectivity index (χ0n) is 19.8. The van der Waals surface area contributed by atoms with Crippen LogP contribution in [0.2, 0.25) is 0 Å². The van der Waals surface area contributed by atoms with Crippen molar-refractivity contribution < 1.29 is 23.8 Å². The smallest absolute Gasteiger partial charge is 0.408 e. The lowest BCUT2D eigenvalue weighted by Crippen LogP contribution is -2.48. The van der Waals surface area contributed by atoms with Crippen LogP contribution in [0.15, 0.2) is 23.6 Å². The van der Waals surface area contributed by atoms with E-state index in [0.29, 0.717) is 11.5 Å². The van der Waals surface area contributed by atoms with Crippen molar-refractivity contribution in [3.8, 4) is 22.8 Å². The first-order valence-electron chi connectivity index (χ1n) is 10.8. The Morgan fingerprint density at radius 3 is 2.58 bits per heavy atom. The highest BCUT2D eigenvalue weighted by atomic mass is 32.1. The second-order valence-corrected chi connectivity index (χ2v) is 9.76. The Kier molecular flexibility index (Phi) is 8.15. The Bertz CT molecular complexity index is 964. The highest BCUT2D eigenvalue weighted by Gasteiger charge is 2.20. The van der Waals surface area contributed by atoms with Gasteiger partial charge in [0.05, 0.1) is 19.3 Å². The number of alkyl carbamates (subject to hydrolysis) is 1. The number of carbonyl (C=O) groups excluding carboxylic acids is 2. The molecule has 0 saturated carbocycles. The number of rotatable bonds is 7. The van der Waals surface area contributed by atoms with Gasteiger partial charge in [-0.25, -0.2) is 9.78 Å². The molecule has 2 heterocycles. The van der Waals surface area contributed by atoms with E-state index in [9.17, 15) is 9.59 Å². The van der Waals surface area contributed by atoms with Crippen molar-refractivity contribution in [1.29, 1.82) is 0 Å². The fourth-order valence-electron chi connectivity index (χ4n) is 3.24. The Hall–Kier alpha value is -2.85. The number of thiazole rings is 1. The van der Waals surface area contributed by atoms with Crippen molar-refractivity contribution in [2.24, 2.45) is 0 Å². The average Bonchev–Trinajstić information content (AvgIpc) is 3.24. The summed E-state index contributed by atoms with van der Waals surface area (Å²) >= 11 is 1.44. The largest absolute Gasteiger partial charge is 0.496 e. The number of benzene rings is 1. The van der Waals surface area contributed by atoms with Crippen LogP contribution in [0.1, 0.15) is 25.8 Å². The molecule has 0 spiro atoms. The minimum absolute atomic E-state index is 0.0105. The van der Waals surface area contributed by atoms with Crippen LogP contribution in [0.3, 0.4) is 0 Å². The third kappa shape index (κ3) is 7.33. The van der Waals surface area contributed by atoms with E-state index in [1.54, 1.807) is 19.2 Å². The molecule has 10 heteroatoms. The van der Waals surface area contributed by atoms with Crippen LogP contribution in [0.4, 0.5) is 4.79 Å². The molecule has 180 valence electrons. The summed E-state index contributed by atoms with van der Waals surface area (Å²) in [6, 6.07) is 5.41. The molecule has 9 nitrogen and oxygen atoms in total. The molecule has 1 saturated heterocycles. The molecular formula is C23H32N4O5S. The topological polar surface area (TPSA) is 93.2 Å². The van der Waals surface area contributed by atoms with Gasteiger partial charge >= 0.3 is 6.09 Å². The maximum Gasteiger partial charge on any atom is 0.408 e. The number of hydrogen-bond acceptors (Lipinski definition) is 8. The predicted molar refractivity (Wildman–Crippen MR) is 127 cm³/mol. The second kappa shape index (κ2) is 10.8. The first-order chi connectivity index (χ1) is 15.6. The van der Waals surface area contributed by atoms with Gasteiger partial charge in [-0.2, -0.15) is 0 Å². The molecule has 2 amide bonds. The van der Waals surface area contributed by atoms with E-state index >= 15 is 0 Å². The van der Waals surface area contributed by atoms with Gasteiger partial charge in [0.1, 0.15) is 22.1 Å². The molecule has 0 aliphatic carbocycles. The normalized spacial score (nSPS) is 14.6. The van der Waals surface area contributed by atoms with Gasteiger partial charge in [0.25, 0.3) is 5.91 Å². The van der Waals surface area contributed by atoms with Crippen molar-refractivity contribution in [2.45, 2.75) is 32.9 Å². The first kappa shape index (κ1) is 24.8. The number of methoxy groups -OCH3 is 1. The maximum absolute atomic E-state index is 12.4. The van der Waals surface area contributed by atoms with Crippen molar-refractivity contribution in [2.75, 3.05) is 46.9 Å². The molecule has 3 rings (SSSR count). The molecule has 0 atom stereocenters. The van der Waals surface area contributed by atoms with E-state index in [1.807, 2.05) is 37.1 Å². The van der Waals surface area contributed by atoms with Gasteiger partial charge in [0, 0.05) is 43.2 Å². The third-order valence-corrected chi connectivity index (χ3v) is 5.85. The summed E-state index contributed by atoms with van der Waals surface area (Å²) in [5, 5.41) is 5.36. The van der Waals surface area contributed by atoms with E-state index in [2.05, 4.69) is 22.2 Å². The number of hydrogen-bond donors (Lipinski definition) is 1. The number of nitrogens with one attached hydrogen (secondary N) is 1. The number of likely N-dealkylation sites (N-methyl/N-ethyl adjacent to an activating group) is 1. The monoisotopic (exact) mass is 476 g/mol. The highest BCUT2D eigenvalue weighted by Crippen LogP contribution is 2.34. The molecule has 1 N–H and O–H groups in total. The molecule has 1 aromatic heterocycles. The molecule has 2 aromatic rings. The molecule has 0 unspecified atom stereocenters. The first-order valence-corrected chi connectivity index (χ1v) is 11.7. The number of ether oxygens (including phenoxy) is 3. The van der Waals surface area contributed by atoms with Crippen molar-refractivity contribution in [3.63, 3.8) is 0 Å². The van der Waals surface area contributed by atoms with Gasteiger partial charge in [-0.05, 0) is 40.0 Å². The minimum Gasteiger partial charge on any atom is -0.496 e. The van der Waals surface area contributed by atoms with Crippen molar-refractivity contribution >= 4 is 23.3 Å². The van der Waals surface area contributed by atoms with Gasteiger partial charge in [0.2, 0.25) is 0 Å². The third-order valence-electron chi connectivity index (χ3n) is 5.00. The summed E-state index contributed by atoms with van der Waals surface area (Å²) in [5.74, 6) is 1.13. The number of piperazine rings is 1. The van der Waals surface area contributed by atoms with Crippen LogP contribution in [-0.2, 0) is 16.1 Å². The standard InChI is InChI=1S/C23H32N4O5S/c1-23(2,3)32-22(29)24-13-20-25-18(15-33-20)17-7-6-16(12-19(17)30-5)31-14-21(28)27-10-8-26(4)9-11-27/h6-7,12,15H,8-11,13-14H2,1-5H3,(H,24,29). The van der Waals surface area contributed by atoms with E-state index in [4.69, 9.17) is 14.2 Å². The summed E-state index contributed by atoms with van der Waals surface area (Å²) < 4.78 is 16.5. The van der Waals surface area contributed by atoms with Crippen LogP contribution in [0.5, 0.6) is 11.5 Å². The van der Waals surface area contributed by atoms with Gasteiger partial charge in [0.15, 0.2) is 6.61 Å². The molecule has 1 aliphatic rings. The lowest BCUT2D eigenvalue weighted by atomic mass is 10.1. The summed E-state index contributed by atoms with van der Waals surface area (Å²) in [6.45, 7) is 8.89. The zero-order chi connectivity index (χ0) is 24.0. The van der Waals surface area contributed by atoms with E-state index in [-0.39, 0.29) is 19.1 Å². The fourth-order valence-corrected chi connectivity index (χ4v) is 3.98. The van der Waals surface area contributed by atoms with Gasteiger partial charge in [-0.15, -0.1) is 11.3 Å². The number of nitrogens with zero attached hydrogens (tertiary/aromatic N) is 3. The van der Waals surface area contributed by atoms with Crippen LogP contribution < -0.4 is 14.8 Å². The quantitative estimate of drug-likeness (QED) is 0.657.